The first kappa shape index (κ1) is 22.0. The number of amides is 2. The Morgan fingerprint density at radius 1 is 1.21 bits per heavy atom. The average molecular weight is 346 g/mol. The number of hydrogen-bond donors (Lipinski definition) is 3. The molecule has 9 heteroatoms. The van der Waals surface area contributed by atoms with Crippen LogP contribution in [0.5, 0.6) is 0 Å². The van der Waals surface area contributed by atoms with E-state index >= 15 is 0 Å². The van der Waals surface area contributed by atoms with Gasteiger partial charge in [0.2, 0.25) is 0 Å². The highest BCUT2D eigenvalue weighted by Gasteiger charge is 2.30. The standard InChI is InChI=1S/C11H21NO4.C4H5NO3/c1-11(2,3)16-10(15)8(9(13)14)6-4-5-7-12;6-3-1-2-4(7)5(3)8/h8H,4-7,12H2,1-3H3,(H,13,14);8H,1-2H2. The molecule has 0 aromatic carbocycles. The number of esters is 1. The first-order chi connectivity index (χ1) is 11.0. The Balaban J connectivity index is 0.000000546. The first-order valence-corrected chi connectivity index (χ1v) is 7.70. The minimum atomic E-state index is -1.13. The Labute approximate surface area is 140 Å². The summed E-state index contributed by atoms with van der Waals surface area (Å²) in [4.78, 5) is 42.9. The lowest BCUT2D eigenvalue weighted by Gasteiger charge is -2.22. The monoisotopic (exact) mass is 346 g/mol. The van der Waals surface area contributed by atoms with Crippen LogP contribution in [0.15, 0.2) is 0 Å². The van der Waals surface area contributed by atoms with Crippen LogP contribution in [0, 0.1) is 5.92 Å². The van der Waals surface area contributed by atoms with Crippen molar-refractivity contribution in [3.05, 3.63) is 0 Å². The van der Waals surface area contributed by atoms with Gasteiger partial charge in [0.05, 0.1) is 0 Å². The molecule has 1 rings (SSSR count). The lowest BCUT2D eigenvalue weighted by atomic mass is 10.0. The molecule has 0 aromatic heterocycles. The second kappa shape index (κ2) is 9.99. The number of rotatable bonds is 6. The predicted octanol–water partition coefficient (Wildman–Crippen LogP) is 0.683. The zero-order valence-electron chi connectivity index (χ0n) is 14.3. The Hall–Kier alpha value is -2.00. The van der Waals surface area contributed by atoms with Crippen LogP contribution in [0.25, 0.3) is 0 Å². The maximum Gasteiger partial charge on any atom is 0.320 e. The van der Waals surface area contributed by atoms with Crippen molar-refractivity contribution in [3.63, 3.8) is 0 Å². The zero-order chi connectivity index (χ0) is 18.9. The summed E-state index contributed by atoms with van der Waals surface area (Å²) in [6, 6.07) is 0. The summed E-state index contributed by atoms with van der Waals surface area (Å²) in [5, 5.41) is 17.5. The van der Waals surface area contributed by atoms with Crippen LogP contribution in [0.2, 0.25) is 0 Å². The molecule has 1 atom stereocenters. The number of nitrogens with zero attached hydrogens (tertiary/aromatic N) is 1. The molecule has 2 amide bonds. The van der Waals surface area contributed by atoms with Crippen LogP contribution in [0.1, 0.15) is 52.9 Å². The fourth-order valence-corrected chi connectivity index (χ4v) is 1.77. The highest BCUT2D eigenvalue weighted by molar-refractivity contribution is 6.00. The third-order valence-corrected chi connectivity index (χ3v) is 2.96. The van der Waals surface area contributed by atoms with Crippen molar-refractivity contribution in [1.82, 2.24) is 5.06 Å². The molecular formula is C15H26N2O7. The number of carboxylic acid groups (broad SMARTS) is 1. The number of hydrogen-bond acceptors (Lipinski definition) is 7. The predicted molar refractivity (Wildman–Crippen MR) is 82.7 cm³/mol. The number of unbranched alkanes of at least 4 members (excludes halogenated alkanes) is 1. The van der Waals surface area contributed by atoms with Gasteiger partial charge in [0.1, 0.15) is 5.60 Å². The van der Waals surface area contributed by atoms with Crippen molar-refractivity contribution >= 4 is 23.8 Å². The maximum atomic E-state index is 11.6. The summed E-state index contributed by atoms with van der Waals surface area (Å²) < 4.78 is 5.04. The molecule has 0 radical (unpaired) electrons. The third-order valence-electron chi connectivity index (χ3n) is 2.96. The van der Waals surface area contributed by atoms with Crippen molar-refractivity contribution in [2.45, 2.75) is 58.5 Å². The number of hydroxylamine groups is 2. The molecule has 1 aliphatic heterocycles. The van der Waals surface area contributed by atoms with Crippen molar-refractivity contribution in [2.75, 3.05) is 6.54 Å². The molecule has 9 nitrogen and oxygen atoms in total. The normalized spacial score (nSPS) is 15.6. The molecule has 0 saturated carbocycles. The van der Waals surface area contributed by atoms with E-state index in [1.807, 2.05) is 0 Å². The molecule has 1 saturated heterocycles. The van der Waals surface area contributed by atoms with Gasteiger partial charge in [-0.15, -0.1) is 0 Å². The number of nitrogens with two attached hydrogens (primary N) is 1. The molecule has 4 N–H and O–H groups in total. The fraction of sp³-hybridized carbons (Fsp3) is 0.733. The van der Waals surface area contributed by atoms with Crippen LogP contribution >= 0.6 is 0 Å². The van der Waals surface area contributed by atoms with Gasteiger partial charge < -0.3 is 15.6 Å². The van der Waals surface area contributed by atoms with E-state index in [4.69, 9.17) is 20.8 Å². The molecule has 138 valence electrons. The van der Waals surface area contributed by atoms with Gasteiger partial charge in [0, 0.05) is 12.8 Å². The molecule has 0 aromatic rings. The Morgan fingerprint density at radius 2 is 1.71 bits per heavy atom. The summed E-state index contributed by atoms with van der Waals surface area (Å²) >= 11 is 0. The summed E-state index contributed by atoms with van der Waals surface area (Å²) in [6.45, 7) is 5.64. The molecule has 1 heterocycles. The van der Waals surface area contributed by atoms with E-state index in [-0.39, 0.29) is 24.3 Å². The molecule has 0 spiro atoms. The fourth-order valence-electron chi connectivity index (χ4n) is 1.77. The SMILES string of the molecule is CC(C)(C)OC(=O)C(CCCCN)C(=O)O.O=C1CCC(=O)N1O. The van der Waals surface area contributed by atoms with Gasteiger partial charge in [-0.05, 0) is 40.2 Å². The second-order valence-electron chi connectivity index (χ2n) is 6.31. The zero-order valence-corrected chi connectivity index (χ0v) is 14.3. The van der Waals surface area contributed by atoms with E-state index < -0.39 is 35.3 Å². The average Bonchev–Trinajstić information content (AvgIpc) is 2.73. The molecule has 0 bridgehead atoms. The van der Waals surface area contributed by atoms with Crippen LogP contribution in [0.4, 0.5) is 0 Å². The van der Waals surface area contributed by atoms with Crippen molar-refractivity contribution < 1.29 is 34.2 Å². The molecule has 1 aliphatic rings. The van der Waals surface area contributed by atoms with E-state index in [0.717, 1.165) is 0 Å². The molecule has 0 aliphatic carbocycles. The van der Waals surface area contributed by atoms with Crippen molar-refractivity contribution in [2.24, 2.45) is 11.7 Å². The second-order valence-corrected chi connectivity index (χ2v) is 6.31. The minimum Gasteiger partial charge on any atom is -0.481 e. The number of imide groups is 1. The van der Waals surface area contributed by atoms with Gasteiger partial charge in [0.25, 0.3) is 11.8 Å². The van der Waals surface area contributed by atoms with Crippen LogP contribution < -0.4 is 5.73 Å². The van der Waals surface area contributed by atoms with E-state index in [1.165, 1.54) is 0 Å². The van der Waals surface area contributed by atoms with Gasteiger partial charge in [0.15, 0.2) is 5.92 Å². The largest absolute Gasteiger partial charge is 0.481 e. The quantitative estimate of drug-likeness (QED) is 0.209. The van der Waals surface area contributed by atoms with E-state index in [2.05, 4.69) is 0 Å². The topological polar surface area (TPSA) is 147 Å². The Morgan fingerprint density at radius 3 is 2.00 bits per heavy atom. The highest BCUT2D eigenvalue weighted by Crippen LogP contribution is 2.16. The number of carboxylic acids is 1. The van der Waals surface area contributed by atoms with Gasteiger partial charge in [-0.1, -0.05) is 6.42 Å². The van der Waals surface area contributed by atoms with Gasteiger partial charge in [-0.3, -0.25) is 24.4 Å². The number of aliphatic carboxylic acids is 1. The highest BCUT2D eigenvalue weighted by atomic mass is 16.6. The third kappa shape index (κ3) is 8.59. The van der Waals surface area contributed by atoms with E-state index in [1.54, 1.807) is 20.8 Å². The van der Waals surface area contributed by atoms with Crippen molar-refractivity contribution in [3.8, 4) is 0 Å². The van der Waals surface area contributed by atoms with Gasteiger partial charge in [-0.2, -0.15) is 5.06 Å². The summed E-state index contributed by atoms with van der Waals surface area (Å²) in [7, 11) is 0. The molecule has 24 heavy (non-hydrogen) atoms. The molecular weight excluding hydrogens is 320 g/mol. The van der Waals surface area contributed by atoms with Crippen molar-refractivity contribution in [1.29, 1.82) is 0 Å². The minimum absolute atomic E-state index is 0.148. The first-order valence-electron chi connectivity index (χ1n) is 7.70. The Bertz CT molecular complexity index is 455. The lowest BCUT2D eigenvalue weighted by molar-refractivity contribution is -0.171. The van der Waals surface area contributed by atoms with Crippen LogP contribution in [-0.2, 0) is 23.9 Å². The molecule has 1 fully saturated rings. The number of carbonyl (C=O) groups excluding carboxylic acids is 3. The Kier molecular flexibility index (Phi) is 9.16. The smallest absolute Gasteiger partial charge is 0.320 e. The van der Waals surface area contributed by atoms with Crippen LogP contribution in [-0.4, -0.2) is 51.3 Å². The van der Waals surface area contributed by atoms with E-state index in [9.17, 15) is 19.2 Å². The maximum absolute atomic E-state index is 11.6. The summed E-state index contributed by atoms with van der Waals surface area (Å²) in [6.07, 6.45) is 1.91. The van der Waals surface area contributed by atoms with E-state index in [0.29, 0.717) is 19.4 Å². The van der Waals surface area contributed by atoms with Gasteiger partial charge >= 0.3 is 11.9 Å². The lowest BCUT2D eigenvalue weighted by Crippen LogP contribution is -2.32. The van der Waals surface area contributed by atoms with Crippen LogP contribution in [0.3, 0.4) is 0 Å². The number of carbonyl (C=O) groups is 4. The summed E-state index contributed by atoms with van der Waals surface area (Å²) in [5.41, 5.74) is 4.65. The summed E-state index contributed by atoms with van der Waals surface area (Å²) in [5.74, 6) is -3.89. The van der Waals surface area contributed by atoms with Gasteiger partial charge in [-0.25, -0.2) is 0 Å². The number of ether oxygens (including phenoxy) is 1. The molecule has 1 unspecified atom stereocenters.